The van der Waals surface area contributed by atoms with Crippen LogP contribution in [0.1, 0.15) is 56.2 Å². The van der Waals surface area contributed by atoms with Crippen LogP contribution in [0.3, 0.4) is 0 Å². The Hall–Kier alpha value is -0.380. The molecular weight excluding hydrogens is 314 g/mol. The van der Waals surface area contributed by atoms with Crippen molar-refractivity contribution >= 4 is 15.9 Å². The largest absolute Gasteiger partial charge is 0.389 e. The molecule has 20 heavy (non-hydrogen) atoms. The van der Waals surface area contributed by atoms with Gasteiger partial charge in [0.2, 0.25) is 0 Å². The Morgan fingerprint density at radius 2 is 2.05 bits per heavy atom. The Balaban J connectivity index is 1.60. The predicted molar refractivity (Wildman–Crippen MR) is 85.8 cm³/mol. The molecule has 2 aliphatic rings. The maximum Gasteiger partial charge on any atom is 0.0772 e. The van der Waals surface area contributed by atoms with Gasteiger partial charge < -0.3 is 10.4 Å². The summed E-state index contributed by atoms with van der Waals surface area (Å²) in [5.41, 5.74) is 2.38. The fourth-order valence-corrected chi connectivity index (χ4v) is 4.00. The average molecular weight is 338 g/mol. The van der Waals surface area contributed by atoms with E-state index in [-0.39, 0.29) is 0 Å². The number of nitrogens with one attached hydrogen (secondary N) is 1. The van der Waals surface area contributed by atoms with Crippen molar-refractivity contribution in [3.05, 3.63) is 33.8 Å². The van der Waals surface area contributed by atoms with Crippen molar-refractivity contribution in [2.45, 2.75) is 57.1 Å². The number of benzene rings is 1. The van der Waals surface area contributed by atoms with Gasteiger partial charge in [0.05, 0.1) is 5.60 Å². The van der Waals surface area contributed by atoms with Gasteiger partial charge in [-0.1, -0.05) is 28.9 Å². The molecule has 1 saturated carbocycles. The molecule has 0 amide bonds. The minimum absolute atomic E-state index is 0.418. The van der Waals surface area contributed by atoms with E-state index >= 15 is 0 Å². The van der Waals surface area contributed by atoms with E-state index in [0.29, 0.717) is 6.04 Å². The maximum atomic E-state index is 10.7. The van der Waals surface area contributed by atoms with Gasteiger partial charge in [-0.2, -0.15) is 0 Å². The average Bonchev–Trinajstić information content (AvgIpc) is 2.83. The third-order valence-electron chi connectivity index (χ3n) is 5.07. The number of rotatable bonds is 3. The number of hydrogen-bond acceptors (Lipinski definition) is 2. The summed E-state index contributed by atoms with van der Waals surface area (Å²) in [4.78, 5) is 0. The fraction of sp³-hybridized carbons (Fsp3) is 0.647. The minimum atomic E-state index is -0.482. The second-order valence-electron chi connectivity index (χ2n) is 6.72. The maximum absolute atomic E-state index is 10.7. The highest BCUT2D eigenvalue weighted by atomic mass is 79.9. The first kappa shape index (κ1) is 14.6. The van der Waals surface area contributed by atoms with Gasteiger partial charge in [-0.25, -0.2) is 0 Å². The molecule has 0 spiro atoms. The molecule has 0 aliphatic heterocycles. The van der Waals surface area contributed by atoms with E-state index < -0.39 is 5.60 Å². The molecule has 1 aromatic carbocycles. The van der Waals surface area contributed by atoms with Gasteiger partial charge in [0, 0.05) is 17.1 Å². The molecule has 0 heterocycles. The van der Waals surface area contributed by atoms with Crippen molar-refractivity contribution in [1.29, 1.82) is 0 Å². The molecule has 0 radical (unpaired) electrons. The number of aryl methyl sites for hydroxylation is 1. The molecule has 1 fully saturated rings. The molecule has 1 unspecified atom stereocenters. The Kier molecular flexibility index (Phi) is 4.21. The van der Waals surface area contributed by atoms with Gasteiger partial charge in [0.1, 0.15) is 0 Å². The molecular formula is C17H24BrNO. The zero-order valence-corrected chi connectivity index (χ0v) is 13.7. The standard InChI is InChI=1S/C17H24BrNO/c1-12-6-8-17(20,9-7-12)11-19-16-5-2-13-10-14(18)3-4-15(13)16/h3-4,10,12,16,19-20H,2,5-9,11H2,1H3. The van der Waals surface area contributed by atoms with Crippen LogP contribution in [0.2, 0.25) is 0 Å². The smallest absolute Gasteiger partial charge is 0.0772 e. The first-order valence-corrected chi connectivity index (χ1v) is 8.59. The number of aliphatic hydroxyl groups is 1. The minimum Gasteiger partial charge on any atom is -0.389 e. The lowest BCUT2D eigenvalue weighted by molar-refractivity contribution is -0.00818. The fourth-order valence-electron chi connectivity index (χ4n) is 3.59. The van der Waals surface area contributed by atoms with Gasteiger partial charge in [0.15, 0.2) is 0 Å². The third-order valence-corrected chi connectivity index (χ3v) is 5.56. The molecule has 2 nitrogen and oxygen atoms in total. The highest BCUT2D eigenvalue weighted by Gasteiger charge is 2.33. The van der Waals surface area contributed by atoms with Gasteiger partial charge in [-0.15, -0.1) is 0 Å². The van der Waals surface area contributed by atoms with Crippen LogP contribution in [-0.4, -0.2) is 17.3 Å². The highest BCUT2D eigenvalue weighted by molar-refractivity contribution is 9.10. The van der Waals surface area contributed by atoms with Crippen LogP contribution >= 0.6 is 15.9 Å². The lowest BCUT2D eigenvalue weighted by Gasteiger charge is -2.36. The summed E-state index contributed by atoms with van der Waals surface area (Å²) in [5.74, 6) is 0.778. The molecule has 110 valence electrons. The Morgan fingerprint density at radius 3 is 2.80 bits per heavy atom. The van der Waals surface area contributed by atoms with Crippen LogP contribution in [0.25, 0.3) is 0 Å². The normalized spacial score (nSPS) is 33.1. The number of hydrogen-bond donors (Lipinski definition) is 2. The predicted octanol–water partition coefficient (Wildman–Crippen LogP) is 3.97. The first-order chi connectivity index (χ1) is 9.56. The van der Waals surface area contributed by atoms with E-state index in [9.17, 15) is 5.11 Å². The van der Waals surface area contributed by atoms with E-state index in [2.05, 4.69) is 46.4 Å². The quantitative estimate of drug-likeness (QED) is 0.874. The van der Waals surface area contributed by atoms with E-state index in [4.69, 9.17) is 0 Å². The van der Waals surface area contributed by atoms with Crippen molar-refractivity contribution < 1.29 is 5.11 Å². The molecule has 2 aliphatic carbocycles. The topological polar surface area (TPSA) is 32.3 Å². The van der Waals surface area contributed by atoms with Crippen molar-refractivity contribution in [3.63, 3.8) is 0 Å². The Morgan fingerprint density at radius 1 is 1.30 bits per heavy atom. The summed E-state index contributed by atoms with van der Waals surface area (Å²) >= 11 is 3.54. The lowest BCUT2D eigenvalue weighted by Crippen LogP contribution is -2.44. The molecule has 3 heteroatoms. The van der Waals surface area contributed by atoms with Crippen LogP contribution in [0.4, 0.5) is 0 Å². The van der Waals surface area contributed by atoms with Crippen LogP contribution in [0, 0.1) is 5.92 Å². The molecule has 1 aromatic rings. The summed E-state index contributed by atoms with van der Waals surface area (Å²) in [7, 11) is 0. The number of halogens is 1. The summed E-state index contributed by atoms with van der Waals surface area (Å²) < 4.78 is 1.16. The van der Waals surface area contributed by atoms with Crippen molar-refractivity contribution in [2.75, 3.05) is 6.54 Å². The SMILES string of the molecule is CC1CCC(O)(CNC2CCc3cc(Br)ccc32)CC1. The van der Waals surface area contributed by atoms with Crippen molar-refractivity contribution in [3.8, 4) is 0 Å². The Bertz CT molecular complexity index is 480. The summed E-state index contributed by atoms with van der Waals surface area (Å²) in [6.45, 7) is 3.03. The molecule has 0 bridgehead atoms. The first-order valence-electron chi connectivity index (χ1n) is 7.80. The van der Waals surface area contributed by atoms with E-state index in [1.165, 1.54) is 11.1 Å². The molecule has 1 atom stereocenters. The second kappa shape index (κ2) is 5.78. The molecule has 0 aromatic heterocycles. The van der Waals surface area contributed by atoms with Gasteiger partial charge in [0.25, 0.3) is 0 Å². The third kappa shape index (κ3) is 3.10. The van der Waals surface area contributed by atoms with Crippen molar-refractivity contribution in [1.82, 2.24) is 5.32 Å². The van der Waals surface area contributed by atoms with Gasteiger partial charge in [-0.05, 0) is 67.7 Å². The second-order valence-corrected chi connectivity index (χ2v) is 7.64. The van der Waals surface area contributed by atoms with Crippen molar-refractivity contribution in [2.24, 2.45) is 5.92 Å². The van der Waals surface area contributed by atoms with Crippen LogP contribution in [0.5, 0.6) is 0 Å². The Labute approximate surface area is 130 Å². The van der Waals surface area contributed by atoms with E-state index in [0.717, 1.165) is 55.5 Å². The monoisotopic (exact) mass is 337 g/mol. The summed E-state index contributed by atoms with van der Waals surface area (Å²) in [6.07, 6.45) is 6.50. The molecule has 2 N–H and O–H groups in total. The van der Waals surface area contributed by atoms with E-state index in [1.54, 1.807) is 0 Å². The summed E-state index contributed by atoms with van der Waals surface area (Å²) in [6, 6.07) is 6.99. The van der Waals surface area contributed by atoms with Crippen LogP contribution in [-0.2, 0) is 6.42 Å². The highest BCUT2D eigenvalue weighted by Crippen LogP contribution is 2.35. The van der Waals surface area contributed by atoms with Gasteiger partial charge >= 0.3 is 0 Å². The van der Waals surface area contributed by atoms with Gasteiger partial charge in [-0.3, -0.25) is 0 Å². The molecule has 3 rings (SSSR count). The van der Waals surface area contributed by atoms with E-state index in [1.807, 2.05) is 0 Å². The lowest BCUT2D eigenvalue weighted by atomic mass is 9.79. The molecule has 0 saturated heterocycles. The number of fused-ring (bicyclic) bond motifs is 1. The zero-order valence-electron chi connectivity index (χ0n) is 12.2. The summed E-state index contributed by atoms with van der Waals surface area (Å²) in [5, 5.41) is 14.3. The zero-order chi connectivity index (χ0) is 14.2. The van der Waals surface area contributed by atoms with Crippen LogP contribution < -0.4 is 5.32 Å². The van der Waals surface area contributed by atoms with Crippen LogP contribution in [0.15, 0.2) is 22.7 Å².